The molecule has 1 aromatic carbocycles. The molecule has 0 bridgehead atoms. The van der Waals surface area contributed by atoms with Gasteiger partial charge < -0.3 is 10.1 Å². The molecule has 0 aliphatic carbocycles. The molecule has 6 heteroatoms. The Labute approximate surface area is 109 Å². The molecule has 1 N–H and O–H groups in total. The topological polar surface area (TPSA) is 38.3 Å². The van der Waals surface area contributed by atoms with Crippen molar-refractivity contribution in [2.24, 2.45) is 0 Å². The van der Waals surface area contributed by atoms with Crippen LogP contribution in [0.25, 0.3) is 0 Å². The third kappa shape index (κ3) is 4.18. The molecule has 3 nitrogen and oxygen atoms in total. The van der Waals surface area contributed by atoms with Gasteiger partial charge in [-0.05, 0) is 24.3 Å². The predicted octanol–water partition coefficient (Wildman–Crippen LogP) is 2.59. The van der Waals surface area contributed by atoms with Crippen molar-refractivity contribution >= 4 is 17.7 Å². The summed E-state index contributed by atoms with van der Waals surface area (Å²) in [6.45, 7) is 1.58. The maximum atomic E-state index is 13.6. The van der Waals surface area contributed by atoms with Crippen LogP contribution in [0.5, 0.6) is 5.75 Å². The lowest BCUT2D eigenvalue weighted by atomic mass is 10.3. The molecular weight excluding hydrogens is 260 g/mol. The summed E-state index contributed by atoms with van der Waals surface area (Å²) >= 11 is 1.37. The molecule has 0 saturated carbocycles. The van der Waals surface area contributed by atoms with Gasteiger partial charge in [0.1, 0.15) is 0 Å². The minimum Gasteiger partial charge on any atom is -0.478 e. The largest absolute Gasteiger partial charge is 0.478 e. The van der Waals surface area contributed by atoms with Crippen LogP contribution in [0.15, 0.2) is 17.0 Å². The van der Waals surface area contributed by atoms with E-state index in [9.17, 15) is 13.6 Å². The Morgan fingerprint density at radius 2 is 2.00 bits per heavy atom. The van der Waals surface area contributed by atoms with Crippen molar-refractivity contribution in [2.75, 3.05) is 19.4 Å². The first-order valence-corrected chi connectivity index (χ1v) is 6.52. The van der Waals surface area contributed by atoms with Crippen LogP contribution < -0.4 is 10.1 Å². The number of nitrogens with one attached hydrogen (secondary N) is 1. The smallest absolute Gasteiger partial charge is 0.257 e. The summed E-state index contributed by atoms with van der Waals surface area (Å²) in [5, 5.41) is 2.30. The Morgan fingerprint density at radius 3 is 2.50 bits per heavy atom. The number of hydrogen-bond acceptors (Lipinski definition) is 3. The minimum atomic E-state index is -0.794. The molecule has 0 atom stereocenters. The van der Waals surface area contributed by atoms with Crippen LogP contribution in [0.1, 0.15) is 13.3 Å². The number of thioether (sulfide) groups is 1. The lowest BCUT2D eigenvalue weighted by Crippen LogP contribution is -2.25. The van der Waals surface area contributed by atoms with Crippen LogP contribution >= 0.6 is 11.8 Å². The van der Waals surface area contributed by atoms with Crippen molar-refractivity contribution in [1.82, 2.24) is 5.32 Å². The van der Waals surface area contributed by atoms with Crippen molar-refractivity contribution in [2.45, 2.75) is 18.2 Å². The van der Waals surface area contributed by atoms with E-state index in [1.54, 1.807) is 0 Å². The number of halogens is 2. The van der Waals surface area contributed by atoms with Gasteiger partial charge in [0.05, 0.1) is 0 Å². The zero-order chi connectivity index (χ0) is 13.5. The van der Waals surface area contributed by atoms with Crippen molar-refractivity contribution < 1.29 is 18.3 Å². The molecule has 0 aromatic heterocycles. The summed E-state index contributed by atoms with van der Waals surface area (Å²) < 4.78 is 32.0. The fourth-order valence-corrected chi connectivity index (χ4v) is 2.00. The number of ether oxygens (including phenoxy) is 1. The van der Waals surface area contributed by atoms with E-state index in [0.717, 1.165) is 12.2 Å². The van der Waals surface area contributed by atoms with Crippen molar-refractivity contribution in [3.05, 3.63) is 23.8 Å². The predicted molar refractivity (Wildman–Crippen MR) is 66.9 cm³/mol. The van der Waals surface area contributed by atoms with Gasteiger partial charge in [0, 0.05) is 11.9 Å². The van der Waals surface area contributed by atoms with Gasteiger partial charge in [0.25, 0.3) is 5.91 Å². The number of likely N-dealkylation sites (N-methyl/N-ethyl adjacent to an activating group) is 1. The third-order valence-corrected chi connectivity index (χ3v) is 3.25. The molecule has 0 unspecified atom stereocenters. The molecule has 100 valence electrons. The van der Waals surface area contributed by atoms with Gasteiger partial charge in [-0.2, -0.15) is 0 Å². The second-order valence-corrected chi connectivity index (χ2v) is 4.69. The summed E-state index contributed by atoms with van der Waals surface area (Å²) in [6, 6.07) is 2.42. The number of carbonyl (C=O) groups is 1. The summed E-state index contributed by atoms with van der Waals surface area (Å²) in [4.78, 5) is 11.4. The Hall–Kier alpha value is -1.30. The molecule has 0 fully saturated rings. The maximum absolute atomic E-state index is 13.6. The van der Waals surface area contributed by atoms with E-state index in [-0.39, 0.29) is 0 Å². The molecular formula is C12H15F2NO2S. The number of amides is 1. The minimum absolute atomic E-state index is 0.411. The molecule has 1 rings (SSSR count). The SMILES string of the molecule is CCCSc1cc(F)c(OCC(=O)NC)c(F)c1. The third-order valence-electron chi connectivity index (χ3n) is 2.07. The van der Waals surface area contributed by atoms with Gasteiger partial charge in [0.15, 0.2) is 24.0 Å². The highest BCUT2D eigenvalue weighted by atomic mass is 32.2. The first-order chi connectivity index (χ1) is 8.58. The van der Waals surface area contributed by atoms with Crippen molar-refractivity contribution in [3.8, 4) is 5.75 Å². The van der Waals surface area contributed by atoms with Gasteiger partial charge in [0.2, 0.25) is 0 Å². The van der Waals surface area contributed by atoms with E-state index in [1.165, 1.54) is 30.9 Å². The Balaban J connectivity index is 2.77. The monoisotopic (exact) mass is 275 g/mol. The summed E-state index contributed by atoms with van der Waals surface area (Å²) in [5.74, 6) is -1.76. The van der Waals surface area contributed by atoms with Crippen LogP contribution in [0, 0.1) is 11.6 Å². The van der Waals surface area contributed by atoms with Gasteiger partial charge in [-0.1, -0.05) is 6.92 Å². The average molecular weight is 275 g/mol. The maximum Gasteiger partial charge on any atom is 0.257 e. The Kier molecular flexibility index (Phi) is 5.91. The number of carbonyl (C=O) groups excluding carboxylic acids is 1. The fourth-order valence-electron chi connectivity index (χ4n) is 1.19. The summed E-state index contributed by atoms with van der Waals surface area (Å²) in [6.07, 6.45) is 0.919. The highest BCUT2D eigenvalue weighted by molar-refractivity contribution is 7.99. The molecule has 18 heavy (non-hydrogen) atoms. The van der Waals surface area contributed by atoms with E-state index in [4.69, 9.17) is 4.74 Å². The Morgan fingerprint density at radius 1 is 1.39 bits per heavy atom. The second-order valence-electron chi connectivity index (χ2n) is 3.53. The van der Waals surface area contributed by atoms with Crippen LogP contribution in [0.2, 0.25) is 0 Å². The highest BCUT2D eigenvalue weighted by Gasteiger charge is 2.14. The normalized spacial score (nSPS) is 10.2. The van der Waals surface area contributed by atoms with Crippen LogP contribution in [-0.4, -0.2) is 25.3 Å². The second kappa shape index (κ2) is 7.20. The van der Waals surface area contributed by atoms with Crippen LogP contribution in [0.3, 0.4) is 0 Å². The average Bonchev–Trinajstić information content (AvgIpc) is 2.34. The number of hydrogen-bond donors (Lipinski definition) is 1. The Bertz CT molecular complexity index is 404. The molecule has 0 saturated heterocycles. The van der Waals surface area contributed by atoms with Crippen molar-refractivity contribution in [3.63, 3.8) is 0 Å². The molecule has 0 aliphatic heterocycles. The van der Waals surface area contributed by atoms with E-state index < -0.39 is 29.9 Å². The zero-order valence-corrected chi connectivity index (χ0v) is 11.1. The first kappa shape index (κ1) is 14.8. The molecule has 0 heterocycles. The van der Waals surface area contributed by atoms with Crippen molar-refractivity contribution in [1.29, 1.82) is 0 Å². The van der Waals surface area contributed by atoms with E-state index >= 15 is 0 Å². The molecule has 0 aliphatic rings. The van der Waals surface area contributed by atoms with Gasteiger partial charge in [-0.3, -0.25) is 4.79 Å². The summed E-state index contributed by atoms with van der Waals surface area (Å²) in [5.41, 5.74) is 0. The standard InChI is InChI=1S/C12H15F2NO2S/c1-3-4-18-8-5-9(13)12(10(14)6-8)17-7-11(16)15-2/h5-6H,3-4,7H2,1-2H3,(H,15,16). The molecule has 1 aromatic rings. The highest BCUT2D eigenvalue weighted by Crippen LogP contribution is 2.28. The number of benzene rings is 1. The van der Waals surface area contributed by atoms with E-state index in [0.29, 0.717) is 4.90 Å². The summed E-state index contributed by atoms with van der Waals surface area (Å²) in [7, 11) is 1.42. The first-order valence-electron chi connectivity index (χ1n) is 5.53. The lowest BCUT2D eigenvalue weighted by molar-refractivity contribution is -0.122. The number of rotatable bonds is 6. The lowest BCUT2D eigenvalue weighted by Gasteiger charge is -2.09. The van der Waals surface area contributed by atoms with Gasteiger partial charge in [-0.25, -0.2) is 8.78 Å². The van der Waals surface area contributed by atoms with Gasteiger partial charge >= 0.3 is 0 Å². The van der Waals surface area contributed by atoms with E-state index in [2.05, 4.69) is 5.32 Å². The van der Waals surface area contributed by atoms with Crippen LogP contribution in [-0.2, 0) is 4.79 Å². The van der Waals surface area contributed by atoms with E-state index in [1.807, 2.05) is 6.92 Å². The molecule has 0 radical (unpaired) electrons. The zero-order valence-electron chi connectivity index (χ0n) is 10.3. The quantitative estimate of drug-likeness (QED) is 0.811. The fraction of sp³-hybridized carbons (Fsp3) is 0.417. The molecule has 1 amide bonds. The van der Waals surface area contributed by atoms with Crippen LogP contribution in [0.4, 0.5) is 8.78 Å². The van der Waals surface area contributed by atoms with Gasteiger partial charge in [-0.15, -0.1) is 11.8 Å². The molecule has 0 spiro atoms.